The van der Waals surface area contributed by atoms with Gasteiger partial charge in [0.25, 0.3) is 0 Å². The fourth-order valence-electron chi connectivity index (χ4n) is 2.65. The van der Waals surface area contributed by atoms with Crippen LogP contribution in [0.4, 0.5) is 0 Å². The molecule has 0 aromatic rings. The molecule has 4 N–H and O–H groups in total. The van der Waals surface area contributed by atoms with E-state index in [1.54, 1.807) is 0 Å². The highest BCUT2D eigenvalue weighted by Crippen LogP contribution is 2.49. The van der Waals surface area contributed by atoms with Gasteiger partial charge in [-0.1, -0.05) is 13.8 Å². The van der Waals surface area contributed by atoms with Crippen LogP contribution in [0, 0.1) is 5.41 Å². The average Bonchev–Trinajstić information content (AvgIpc) is 3.19. The molecule has 2 fully saturated rings. The molecular formula is C14H25N3O3. The summed E-state index contributed by atoms with van der Waals surface area (Å²) in [4.78, 5) is 23.8. The summed E-state index contributed by atoms with van der Waals surface area (Å²) in [7, 11) is 0. The van der Waals surface area contributed by atoms with Gasteiger partial charge < -0.3 is 21.1 Å². The second-order valence-corrected chi connectivity index (χ2v) is 6.37. The Bertz CT molecular complexity index is 406. The predicted octanol–water partition coefficient (Wildman–Crippen LogP) is -0.0863. The number of hydrogen-bond donors (Lipinski definition) is 3. The highest BCUT2D eigenvalue weighted by atomic mass is 16.5. The van der Waals surface area contributed by atoms with E-state index in [2.05, 4.69) is 10.6 Å². The molecule has 2 aliphatic carbocycles. The van der Waals surface area contributed by atoms with Crippen LogP contribution in [0.25, 0.3) is 0 Å². The summed E-state index contributed by atoms with van der Waals surface area (Å²) in [5.74, 6) is -0.424. The summed E-state index contributed by atoms with van der Waals surface area (Å²) in [6, 6.07) is 0.300. The van der Waals surface area contributed by atoms with Gasteiger partial charge in [-0.05, 0) is 19.8 Å². The van der Waals surface area contributed by atoms with Crippen molar-refractivity contribution in [1.29, 1.82) is 0 Å². The number of rotatable bonds is 6. The molecule has 0 bridgehead atoms. The minimum absolute atomic E-state index is 0.0103. The zero-order valence-corrected chi connectivity index (χ0v) is 12.5. The van der Waals surface area contributed by atoms with Gasteiger partial charge >= 0.3 is 0 Å². The first kappa shape index (κ1) is 15.3. The number of hydrogen-bond acceptors (Lipinski definition) is 4. The molecule has 2 aliphatic rings. The highest BCUT2D eigenvalue weighted by Gasteiger charge is 2.62. The number of nitrogens with one attached hydrogen (secondary N) is 2. The maximum Gasteiger partial charge on any atom is 0.241 e. The van der Waals surface area contributed by atoms with E-state index in [1.165, 1.54) is 0 Å². The summed E-state index contributed by atoms with van der Waals surface area (Å²) < 4.78 is 5.59. The zero-order chi connectivity index (χ0) is 15.0. The normalized spacial score (nSPS) is 31.3. The molecule has 20 heavy (non-hydrogen) atoms. The summed E-state index contributed by atoms with van der Waals surface area (Å²) >= 11 is 0. The van der Waals surface area contributed by atoms with Crippen LogP contribution in [0.3, 0.4) is 0 Å². The first-order chi connectivity index (χ1) is 9.31. The van der Waals surface area contributed by atoms with E-state index in [0.717, 1.165) is 12.8 Å². The maximum absolute atomic E-state index is 12.2. The van der Waals surface area contributed by atoms with Crippen molar-refractivity contribution in [3.8, 4) is 0 Å². The van der Waals surface area contributed by atoms with Crippen molar-refractivity contribution in [3.05, 3.63) is 0 Å². The summed E-state index contributed by atoms with van der Waals surface area (Å²) in [6.45, 7) is 6.38. The molecule has 2 atom stereocenters. The Hall–Kier alpha value is -1.14. The lowest BCUT2D eigenvalue weighted by molar-refractivity contribution is -0.170. The van der Waals surface area contributed by atoms with Gasteiger partial charge in [0.15, 0.2) is 0 Å². The molecule has 0 unspecified atom stereocenters. The molecular weight excluding hydrogens is 258 g/mol. The molecule has 2 rings (SSSR count). The minimum Gasteiger partial charge on any atom is -0.378 e. The fourth-order valence-corrected chi connectivity index (χ4v) is 2.65. The average molecular weight is 283 g/mol. The molecule has 0 saturated heterocycles. The van der Waals surface area contributed by atoms with Gasteiger partial charge in [0, 0.05) is 24.5 Å². The molecule has 2 saturated carbocycles. The molecule has 0 heterocycles. The smallest absolute Gasteiger partial charge is 0.241 e. The monoisotopic (exact) mass is 283 g/mol. The maximum atomic E-state index is 12.2. The van der Waals surface area contributed by atoms with Gasteiger partial charge in [0.1, 0.15) is 5.54 Å². The summed E-state index contributed by atoms with van der Waals surface area (Å²) in [6.07, 6.45) is 2.54. The van der Waals surface area contributed by atoms with Crippen molar-refractivity contribution in [2.45, 2.75) is 57.7 Å². The molecule has 6 nitrogen and oxygen atoms in total. The van der Waals surface area contributed by atoms with Crippen molar-refractivity contribution in [2.24, 2.45) is 11.1 Å². The minimum atomic E-state index is -0.966. The van der Waals surface area contributed by atoms with E-state index in [1.807, 2.05) is 20.8 Å². The van der Waals surface area contributed by atoms with Crippen LogP contribution in [0.15, 0.2) is 0 Å². The second-order valence-electron chi connectivity index (χ2n) is 6.37. The van der Waals surface area contributed by atoms with Gasteiger partial charge in [-0.15, -0.1) is 0 Å². The number of carbonyl (C=O) groups is 2. The van der Waals surface area contributed by atoms with Crippen molar-refractivity contribution < 1.29 is 14.3 Å². The SMILES string of the molecule is CCO[C@@H]1C[C@@](N)(C(=O)NCC(=O)NC2CC2)C1(C)C. The zero-order valence-electron chi connectivity index (χ0n) is 12.5. The third-order valence-corrected chi connectivity index (χ3v) is 4.59. The Labute approximate surface area is 119 Å². The molecule has 6 heteroatoms. The van der Waals surface area contributed by atoms with Crippen LogP contribution in [-0.2, 0) is 14.3 Å². The summed E-state index contributed by atoms with van der Waals surface area (Å²) in [5.41, 5.74) is 4.82. The lowest BCUT2D eigenvalue weighted by Crippen LogP contribution is -2.76. The molecule has 0 aliphatic heterocycles. The Morgan fingerprint density at radius 2 is 2.00 bits per heavy atom. The summed E-state index contributed by atoms with van der Waals surface area (Å²) in [5, 5.41) is 5.47. The van der Waals surface area contributed by atoms with Crippen LogP contribution in [0.2, 0.25) is 0 Å². The van der Waals surface area contributed by atoms with Crippen LogP contribution in [0.5, 0.6) is 0 Å². The molecule has 0 radical (unpaired) electrons. The molecule has 2 amide bonds. The fraction of sp³-hybridized carbons (Fsp3) is 0.857. The molecule has 0 aromatic carbocycles. The lowest BCUT2D eigenvalue weighted by Gasteiger charge is -2.57. The van der Waals surface area contributed by atoms with Gasteiger partial charge in [0.05, 0.1) is 12.6 Å². The van der Waals surface area contributed by atoms with Gasteiger partial charge in [-0.3, -0.25) is 9.59 Å². The quantitative estimate of drug-likeness (QED) is 0.635. The van der Waals surface area contributed by atoms with Crippen LogP contribution < -0.4 is 16.4 Å². The van der Waals surface area contributed by atoms with E-state index in [-0.39, 0.29) is 24.5 Å². The third-order valence-electron chi connectivity index (χ3n) is 4.59. The van der Waals surface area contributed by atoms with E-state index >= 15 is 0 Å². The molecule has 0 spiro atoms. The van der Waals surface area contributed by atoms with Crippen LogP contribution in [-0.4, -0.2) is 42.7 Å². The number of nitrogens with two attached hydrogens (primary N) is 1. The predicted molar refractivity (Wildman–Crippen MR) is 74.9 cm³/mol. The number of carbonyl (C=O) groups excluding carboxylic acids is 2. The standard InChI is InChI=1S/C14H25N3O3/c1-4-20-10-7-14(15,13(10,2)3)12(19)16-8-11(18)17-9-5-6-9/h9-10H,4-8,15H2,1-3H3,(H,16,19)(H,17,18)/t10-,14-/m1/s1. The number of ether oxygens (including phenoxy) is 1. The molecule has 114 valence electrons. The van der Waals surface area contributed by atoms with Crippen molar-refractivity contribution >= 4 is 11.8 Å². The first-order valence-corrected chi connectivity index (χ1v) is 7.29. The van der Waals surface area contributed by atoms with E-state index < -0.39 is 11.0 Å². The van der Waals surface area contributed by atoms with Gasteiger partial charge in [-0.25, -0.2) is 0 Å². The highest BCUT2D eigenvalue weighted by molar-refractivity contribution is 5.92. The van der Waals surface area contributed by atoms with Crippen molar-refractivity contribution in [3.63, 3.8) is 0 Å². The second kappa shape index (κ2) is 5.33. The van der Waals surface area contributed by atoms with E-state index in [4.69, 9.17) is 10.5 Å². The van der Waals surface area contributed by atoms with Crippen LogP contribution in [0.1, 0.15) is 40.0 Å². The van der Waals surface area contributed by atoms with Gasteiger partial charge in [0.2, 0.25) is 11.8 Å². The third kappa shape index (κ3) is 2.67. The van der Waals surface area contributed by atoms with Crippen LogP contribution >= 0.6 is 0 Å². The van der Waals surface area contributed by atoms with E-state index in [0.29, 0.717) is 19.1 Å². The Kier molecular flexibility index (Phi) is 4.07. The van der Waals surface area contributed by atoms with Crippen molar-refractivity contribution in [2.75, 3.05) is 13.2 Å². The first-order valence-electron chi connectivity index (χ1n) is 7.29. The topological polar surface area (TPSA) is 93.4 Å². The Morgan fingerprint density at radius 1 is 1.35 bits per heavy atom. The Balaban J connectivity index is 1.83. The van der Waals surface area contributed by atoms with Crippen molar-refractivity contribution in [1.82, 2.24) is 10.6 Å². The van der Waals surface area contributed by atoms with E-state index in [9.17, 15) is 9.59 Å². The van der Waals surface area contributed by atoms with Gasteiger partial charge in [-0.2, -0.15) is 0 Å². The molecule has 0 aromatic heterocycles. The number of amides is 2. The Morgan fingerprint density at radius 3 is 2.50 bits per heavy atom. The largest absolute Gasteiger partial charge is 0.378 e. The lowest BCUT2D eigenvalue weighted by atomic mass is 9.54.